The van der Waals surface area contributed by atoms with Gasteiger partial charge in [0.05, 0.1) is 16.9 Å². The van der Waals surface area contributed by atoms with Crippen molar-refractivity contribution in [2.24, 2.45) is 0 Å². The molecule has 0 saturated carbocycles. The van der Waals surface area contributed by atoms with Gasteiger partial charge in [0.25, 0.3) is 0 Å². The van der Waals surface area contributed by atoms with Gasteiger partial charge in [-0.2, -0.15) is 13.2 Å². The second-order valence-corrected chi connectivity index (χ2v) is 4.93. The second kappa shape index (κ2) is 5.68. The van der Waals surface area contributed by atoms with Gasteiger partial charge in [0.15, 0.2) is 0 Å². The average molecular weight is 294 g/mol. The van der Waals surface area contributed by atoms with Crippen LogP contribution in [0.15, 0.2) is 36.4 Å². The lowest BCUT2D eigenvalue weighted by atomic mass is 9.95. The first-order valence-electron chi connectivity index (χ1n) is 6.69. The molecule has 0 atom stereocenters. The zero-order chi connectivity index (χ0) is 15.6. The Morgan fingerprint density at radius 3 is 2.33 bits per heavy atom. The first kappa shape index (κ1) is 15.2. The highest BCUT2D eigenvalue weighted by atomic mass is 19.4. The Balaban J connectivity index is 2.63. The largest absolute Gasteiger partial charge is 0.417 e. The number of nitrogens with two attached hydrogens (primary N) is 2. The first-order valence-corrected chi connectivity index (χ1v) is 6.69. The lowest BCUT2D eigenvalue weighted by molar-refractivity contribution is -0.137. The van der Waals surface area contributed by atoms with Crippen molar-refractivity contribution in [2.75, 3.05) is 11.5 Å². The minimum atomic E-state index is -4.41. The fourth-order valence-electron chi connectivity index (χ4n) is 2.35. The Kier molecular flexibility index (Phi) is 4.11. The van der Waals surface area contributed by atoms with Crippen molar-refractivity contribution in [3.63, 3.8) is 0 Å². The molecule has 0 radical (unpaired) electrons. The molecule has 0 unspecified atom stereocenters. The van der Waals surface area contributed by atoms with Crippen molar-refractivity contribution >= 4 is 11.4 Å². The highest BCUT2D eigenvalue weighted by Gasteiger charge is 2.33. The maximum Gasteiger partial charge on any atom is 0.417 e. The van der Waals surface area contributed by atoms with Crippen LogP contribution in [-0.2, 0) is 12.6 Å². The third-order valence-electron chi connectivity index (χ3n) is 3.36. The van der Waals surface area contributed by atoms with Crippen molar-refractivity contribution < 1.29 is 13.2 Å². The topological polar surface area (TPSA) is 52.0 Å². The van der Waals surface area contributed by atoms with E-state index >= 15 is 0 Å². The van der Waals surface area contributed by atoms with E-state index in [1.54, 1.807) is 12.1 Å². The normalized spacial score (nSPS) is 11.6. The number of rotatable bonds is 3. The Bertz CT molecular complexity index is 648. The maximum absolute atomic E-state index is 13.1. The van der Waals surface area contributed by atoms with Gasteiger partial charge in [-0.05, 0) is 41.3 Å². The monoisotopic (exact) mass is 294 g/mol. The lowest BCUT2D eigenvalue weighted by Crippen LogP contribution is -2.07. The molecule has 0 spiro atoms. The Morgan fingerprint density at radius 2 is 1.71 bits per heavy atom. The number of alkyl halides is 3. The number of anilines is 2. The van der Waals surface area contributed by atoms with E-state index in [0.717, 1.165) is 18.1 Å². The summed E-state index contributed by atoms with van der Waals surface area (Å²) in [6, 6.07) is 8.67. The van der Waals surface area contributed by atoms with Gasteiger partial charge in [-0.15, -0.1) is 0 Å². The molecule has 0 saturated heterocycles. The van der Waals surface area contributed by atoms with Crippen molar-refractivity contribution in [1.82, 2.24) is 0 Å². The van der Waals surface area contributed by atoms with Crippen LogP contribution in [-0.4, -0.2) is 0 Å². The fourth-order valence-corrected chi connectivity index (χ4v) is 2.35. The number of benzene rings is 2. The summed E-state index contributed by atoms with van der Waals surface area (Å²) >= 11 is 0. The third kappa shape index (κ3) is 3.12. The minimum Gasteiger partial charge on any atom is -0.397 e. The van der Waals surface area contributed by atoms with Crippen LogP contribution in [0.2, 0.25) is 0 Å². The van der Waals surface area contributed by atoms with Crippen LogP contribution in [0.4, 0.5) is 24.5 Å². The Hall–Kier alpha value is -2.17. The molecule has 2 aromatic rings. The van der Waals surface area contributed by atoms with E-state index < -0.39 is 11.7 Å². The summed E-state index contributed by atoms with van der Waals surface area (Å²) in [5, 5.41) is 0. The number of aryl methyl sites for hydroxylation is 1. The van der Waals surface area contributed by atoms with E-state index in [4.69, 9.17) is 11.5 Å². The zero-order valence-corrected chi connectivity index (χ0v) is 11.7. The molecule has 21 heavy (non-hydrogen) atoms. The molecule has 5 heteroatoms. The third-order valence-corrected chi connectivity index (χ3v) is 3.36. The van der Waals surface area contributed by atoms with Crippen LogP contribution >= 0.6 is 0 Å². The van der Waals surface area contributed by atoms with Gasteiger partial charge in [0, 0.05) is 0 Å². The van der Waals surface area contributed by atoms with E-state index in [0.29, 0.717) is 23.4 Å². The van der Waals surface area contributed by atoms with E-state index in [-0.39, 0.29) is 5.56 Å². The molecule has 4 N–H and O–H groups in total. The summed E-state index contributed by atoms with van der Waals surface area (Å²) in [6.45, 7) is 1.98. The smallest absolute Gasteiger partial charge is 0.397 e. The molecule has 2 nitrogen and oxygen atoms in total. The van der Waals surface area contributed by atoms with Crippen molar-refractivity contribution in [1.29, 1.82) is 0 Å². The minimum absolute atomic E-state index is 0.119. The molecule has 2 aromatic carbocycles. The number of hydrogen-bond acceptors (Lipinski definition) is 2. The Morgan fingerprint density at radius 1 is 1.05 bits per heavy atom. The predicted molar refractivity (Wildman–Crippen MR) is 79.7 cm³/mol. The summed E-state index contributed by atoms with van der Waals surface area (Å²) in [5.74, 6) is 0. The molecular formula is C16H17F3N2. The molecule has 112 valence electrons. The zero-order valence-electron chi connectivity index (χ0n) is 11.7. The summed E-state index contributed by atoms with van der Waals surface area (Å²) in [5.41, 5.74) is 13.2. The molecule has 0 aliphatic carbocycles. The number of nitrogen functional groups attached to an aromatic ring is 2. The van der Waals surface area contributed by atoms with E-state index in [2.05, 4.69) is 0 Å². The molecule has 0 aliphatic rings. The molecule has 0 aromatic heterocycles. The SMILES string of the molecule is CCCc1cc(-c2ccccc2C(F)(F)F)cc(N)c1N. The van der Waals surface area contributed by atoms with Crippen molar-refractivity contribution in [2.45, 2.75) is 25.9 Å². The van der Waals surface area contributed by atoms with Gasteiger partial charge in [-0.3, -0.25) is 0 Å². The number of halogens is 3. The van der Waals surface area contributed by atoms with Gasteiger partial charge in [-0.1, -0.05) is 31.5 Å². The number of hydrogen-bond donors (Lipinski definition) is 2. The quantitative estimate of drug-likeness (QED) is 0.819. The van der Waals surface area contributed by atoms with Crippen LogP contribution in [0, 0.1) is 0 Å². The van der Waals surface area contributed by atoms with Gasteiger partial charge in [-0.25, -0.2) is 0 Å². The van der Waals surface area contributed by atoms with Gasteiger partial charge in [0.2, 0.25) is 0 Å². The standard InChI is InChI=1S/C16H17F3N2/c1-2-5-10-8-11(9-14(20)15(10)21)12-6-3-4-7-13(12)16(17,18)19/h3-4,6-9H,2,5,20-21H2,1H3. The predicted octanol–water partition coefficient (Wildman–Crippen LogP) is 4.49. The van der Waals surface area contributed by atoms with Gasteiger partial charge >= 0.3 is 6.18 Å². The second-order valence-electron chi connectivity index (χ2n) is 4.93. The van der Waals surface area contributed by atoms with Gasteiger partial charge in [0.1, 0.15) is 0 Å². The molecule has 0 fully saturated rings. The van der Waals surface area contributed by atoms with Crippen molar-refractivity contribution in [3.05, 3.63) is 47.5 Å². The summed E-state index contributed by atoms with van der Waals surface area (Å²) in [6.07, 6.45) is -2.89. The highest BCUT2D eigenvalue weighted by molar-refractivity contribution is 5.79. The van der Waals surface area contributed by atoms with Crippen LogP contribution in [0.25, 0.3) is 11.1 Å². The fraction of sp³-hybridized carbons (Fsp3) is 0.250. The van der Waals surface area contributed by atoms with Crippen LogP contribution < -0.4 is 11.5 Å². The molecule has 0 aliphatic heterocycles. The van der Waals surface area contributed by atoms with Crippen molar-refractivity contribution in [3.8, 4) is 11.1 Å². The van der Waals surface area contributed by atoms with E-state index in [1.165, 1.54) is 18.2 Å². The molecule has 0 bridgehead atoms. The molecule has 0 amide bonds. The van der Waals surface area contributed by atoms with Crippen LogP contribution in [0.1, 0.15) is 24.5 Å². The summed E-state index contributed by atoms with van der Waals surface area (Å²) in [7, 11) is 0. The molecule has 2 rings (SSSR count). The molecule has 0 heterocycles. The first-order chi connectivity index (χ1) is 9.84. The highest BCUT2D eigenvalue weighted by Crippen LogP contribution is 2.38. The average Bonchev–Trinajstić information content (AvgIpc) is 2.43. The summed E-state index contributed by atoms with van der Waals surface area (Å²) < 4.78 is 39.3. The lowest BCUT2D eigenvalue weighted by Gasteiger charge is -2.15. The Labute approximate surface area is 121 Å². The summed E-state index contributed by atoms with van der Waals surface area (Å²) in [4.78, 5) is 0. The van der Waals surface area contributed by atoms with Gasteiger partial charge < -0.3 is 11.5 Å². The van der Waals surface area contributed by atoms with Crippen LogP contribution in [0.3, 0.4) is 0 Å². The van der Waals surface area contributed by atoms with E-state index in [9.17, 15) is 13.2 Å². The maximum atomic E-state index is 13.1. The van der Waals surface area contributed by atoms with Crippen LogP contribution in [0.5, 0.6) is 0 Å². The van der Waals surface area contributed by atoms with E-state index in [1.807, 2.05) is 6.92 Å². The molecular weight excluding hydrogens is 277 g/mol.